The van der Waals surface area contributed by atoms with Crippen LogP contribution in [-0.4, -0.2) is 51.6 Å². The summed E-state index contributed by atoms with van der Waals surface area (Å²) in [6.45, 7) is 0. The number of phenolic OH excluding ortho intramolecular Hbond substituents is 1. The van der Waals surface area contributed by atoms with E-state index in [1.165, 1.54) is 13.3 Å². The lowest BCUT2D eigenvalue weighted by atomic mass is 9.92. The van der Waals surface area contributed by atoms with Crippen molar-refractivity contribution in [3.05, 3.63) is 42.7 Å². The van der Waals surface area contributed by atoms with Crippen LogP contribution >= 0.6 is 0 Å². The summed E-state index contributed by atoms with van der Waals surface area (Å²) in [5, 5.41) is 19.0. The van der Waals surface area contributed by atoms with E-state index in [2.05, 4.69) is 20.2 Å². The maximum atomic E-state index is 14.3. The highest BCUT2D eigenvalue weighted by Gasteiger charge is 2.29. The number of methoxy groups -OCH3 is 1. The number of ether oxygens (including phenoxy) is 1. The van der Waals surface area contributed by atoms with Crippen LogP contribution in [0, 0.1) is 0 Å². The van der Waals surface area contributed by atoms with Gasteiger partial charge in [0.2, 0.25) is 5.88 Å². The van der Waals surface area contributed by atoms with Gasteiger partial charge in [0.15, 0.2) is 5.82 Å². The standard InChI is InChI=1S/C22H24FN5O2/c1-28(19-6-4-3-5-16(19)23)21-10-9-17(26-27-21)15-8-7-14(11-20(15)29)18-12-25-22(30-2)13-24-18/h7-13,16,19,29H,3-6H2,1-2H3/t16-,19+/m0/s1. The lowest BCUT2D eigenvalue weighted by Gasteiger charge is -2.34. The molecule has 2 heterocycles. The predicted molar refractivity (Wildman–Crippen MR) is 112 cm³/mol. The summed E-state index contributed by atoms with van der Waals surface area (Å²) in [5.41, 5.74) is 2.44. The van der Waals surface area contributed by atoms with Crippen LogP contribution in [0.5, 0.6) is 11.6 Å². The van der Waals surface area contributed by atoms with Gasteiger partial charge in [-0.3, -0.25) is 0 Å². The van der Waals surface area contributed by atoms with E-state index in [1.807, 2.05) is 24.1 Å². The van der Waals surface area contributed by atoms with E-state index < -0.39 is 6.17 Å². The SMILES string of the molecule is COc1cnc(-c2ccc(-c3ccc(N(C)[C@@H]4CCCC[C@@H]4F)nn3)c(O)c2)cn1. The first kappa shape index (κ1) is 20.0. The Hall–Kier alpha value is -3.29. The number of anilines is 1. The Labute approximate surface area is 174 Å². The normalized spacial score (nSPS) is 18.8. The first-order valence-electron chi connectivity index (χ1n) is 9.97. The number of hydrogen-bond donors (Lipinski definition) is 1. The molecule has 1 aromatic carbocycles. The van der Waals surface area contributed by atoms with Crippen LogP contribution in [0.25, 0.3) is 22.5 Å². The molecule has 0 radical (unpaired) electrons. The van der Waals surface area contributed by atoms with Crippen molar-refractivity contribution in [3.63, 3.8) is 0 Å². The van der Waals surface area contributed by atoms with Crippen LogP contribution in [0.1, 0.15) is 25.7 Å². The van der Waals surface area contributed by atoms with Gasteiger partial charge < -0.3 is 14.7 Å². The molecule has 4 rings (SSSR count). The maximum Gasteiger partial charge on any atom is 0.232 e. The number of phenols is 1. The van der Waals surface area contributed by atoms with Crippen molar-refractivity contribution in [1.29, 1.82) is 0 Å². The Bertz CT molecular complexity index is 997. The summed E-state index contributed by atoms with van der Waals surface area (Å²) >= 11 is 0. The Kier molecular flexibility index (Phi) is 5.74. The van der Waals surface area contributed by atoms with Gasteiger partial charge >= 0.3 is 0 Å². The molecule has 1 aliphatic carbocycles. The number of hydrogen-bond acceptors (Lipinski definition) is 7. The van der Waals surface area contributed by atoms with Crippen LogP contribution in [-0.2, 0) is 0 Å². The average molecular weight is 409 g/mol. The van der Waals surface area contributed by atoms with Gasteiger partial charge in [0.25, 0.3) is 0 Å². The van der Waals surface area contributed by atoms with Gasteiger partial charge in [-0.25, -0.2) is 14.4 Å². The Morgan fingerprint density at radius 2 is 1.87 bits per heavy atom. The molecule has 1 aliphatic rings. The smallest absolute Gasteiger partial charge is 0.232 e. The monoisotopic (exact) mass is 409 g/mol. The highest BCUT2D eigenvalue weighted by atomic mass is 19.1. The lowest BCUT2D eigenvalue weighted by Crippen LogP contribution is -2.41. The summed E-state index contributed by atoms with van der Waals surface area (Å²) in [5.74, 6) is 1.11. The summed E-state index contributed by atoms with van der Waals surface area (Å²) in [6, 6.07) is 8.65. The molecule has 0 unspecified atom stereocenters. The zero-order chi connectivity index (χ0) is 21.1. The molecule has 0 aliphatic heterocycles. The molecule has 0 amide bonds. The topological polar surface area (TPSA) is 84.3 Å². The molecular formula is C22H24FN5O2. The first-order valence-corrected chi connectivity index (χ1v) is 9.97. The number of halogens is 1. The maximum absolute atomic E-state index is 14.3. The molecular weight excluding hydrogens is 385 g/mol. The van der Waals surface area contributed by atoms with Crippen molar-refractivity contribution < 1.29 is 14.2 Å². The van der Waals surface area contributed by atoms with Crippen molar-refractivity contribution in [2.75, 3.05) is 19.1 Å². The number of benzene rings is 1. The summed E-state index contributed by atoms with van der Waals surface area (Å²) < 4.78 is 19.3. The second kappa shape index (κ2) is 8.61. The van der Waals surface area contributed by atoms with Gasteiger partial charge in [0, 0.05) is 18.2 Å². The largest absolute Gasteiger partial charge is 0.507 e. The fourth-order valence-corrected chi connectivity index (χ4v) is 3.81. The number of alkyl halides is 1. The van der Waals surface area contributed by atoms with E-state index in [1.54, 1.807) is 24.4 Å². The van der Waals surface area contributed by atoms with E-state index in [-0.39, 0.29) is 11.8 Å². The van der Waals surface area contributed by atoms with E-state index in [9.17, 15) is 9.50 Å². The van der Waals surface area contributed by atoms with Gasteiger partial charge in [-0.15, -0.1) is 10.2 Å². The molecule has 2 aromatic heterocycles. The van der Waals surface area contributed by atoms with Gasteiger partial charge in [0.1, 0.15) is 11.9 Å². The summed E-state index contributed by atoms with van der Waals surface area (Å²) in [6.07, 6.45) is 5.64. The third kappa shape index (κ3) is 4.03. The van der Waals surface area contributed by atoms with E-state index in [0.29, 0.717) is 35.1 Å². The van der Waals surface area contributed by atoms with E-state index >= 15 is 0 Å². The zero-order valence-electron chi connectivity index (χ0n) is 17.0. The average Bonchev–Trinajstić information content (AvgIpc) is 2.79. The number of aromatic nitrogens is 4. The minimum absolute atomic E-state index is 0.0663. The molecule has 3 aromatic rings. The molecule has 0 spiro atoms. The highest BCUT2D eigenvalue weighted by Crippen LogP contribution is 2.33. The molecule has 7 nitrogen and oxygen atoms in total. The second-order valence-electron chi connectivity index (χ2n) is 7.43. The molecule has 0 saturated heterocycles. The molecule has 0 bridgehead atoms. The Morgan fingerprint density at radius 3 is 2.50 bits per heavy atom. The Balaban J connectivity index is 1.53. The van der Waals surface area contributed by atoms with Crippen molar-refractivity contribution in [2.45, 2.75) is 37.9 Å². The van der Waals surface area contributed by atoms with E-state index in [4.69, 9.17) is 4.74 Å². The molecule has 156 valence electrons. The number of aromatic hydroxyl groups is 1. The fraction of sp³-hybridized carbons (Fsp3) is 0.364. The molecule has 2 atom stereocenters. The van der Waals surface area contributed by atoms with Crippen LogP contribution in [0.15, 0.2) is 42.7 Å². The van der Waals surface area contributed by atoms with Crippen LogP contribution in [0.2, 0.25) is 0 Å². The van der Waals surface area contributed by atoms with E-state index in [0.717, 1.165) is 24.8 Å². The third-order valence-electron chi connectivity index (χ3n) is 5.56. The van der Waals surface area contributed by atoms with Crippen LogP contribution in [0.3, 0.4) is 0 Å². The summed E-state index contributed by atoms with van der Waals surface area (Å²) in [7, 11) is 3.38. The lowest BCUT2D eigenvalue weighted by molar-refractivity contribution is 0.213. The quantitative estimate of drug-likeness (QED) is 0.681. The van der Waals surface area contributed by atoms with Crippen LogP contribution < -0.4 is 9.64 Å². The second-order valence-corrected chi connectivity index (χ2v) is 7.43. The minimum atomic E-state index is -0.845. The van der Waals surface area contributed by atoms with Crippen molar-refractivity contribution in [1.82, 2.24) is 20.2 Å². The van der Waals surface area contributed by atoms with Crippen molar-refractivity contribution >= 4 is 5.82 Å². The van der Waals surface area contributed by atoms with Gasteiger partial charge in [-0.1, -0.05) is 18.9 Å². The molecule has 1 saturated carbocycles. The van der Waals surface area contributed by atoms with Gasteiger partial charge in [-0.2, -0.15) is 0 Å². The summed E-state index contributed by atoms with van der Waals surface area (Å²) in [4.78, 5) is 10.3. The molecule has 30 heavy (non-hydrogen) atoms. The number of nitrogens with zero attached hydrogens (tertiary/aromatic N) is 5. The molecule has 1 N–H and O–H groups in total. The van der Waals surface area contributed by atoms with Gasteiger partial charge in [-0.05, 0) is 37.1 Å². The third-order valence-corrected chi connectivity index (χ3v) is 5.56. The molecule has 1 fully saturated rings. The zero-order valence-corrected chi connectivity index (χ0v) is 17.0. The Morgan fingerprint density at radius 1 is 1.03 bits per heavy atom. The van der Waals surface area contributed by atoms with Gasteiger partial charge in [0.05, 0.1) is 36.9 Å². The fourth-order valence-electron chi connectivity index (χ4n) is 3.81. The van der Waals surface area contributed by atoms with Crippen LogP contribution in [0.4, 0.5) is 10.2 Å². The predicted octanol–water partition coefficient (Wildman–Crippen LogP) is 4.03. The van der Waals surface area contributed by atoms with Crippen molar-refractivity contribution in [3.8, 4) is 34.1 Å². The first-order chi connectivity index (χ1) is 14.6. The highest BCUT2D eigenvalue weighted by molar-refractivity contribution is 5.73. The molecule has 8 heteroatoms. The minimum Gasteiger partial charge on any atom is -0.507 e. The number of rotatable bonds is 5. The van der Waals surface area contributed by atoms with Crippen molar-refractivity contribution in [2.24, 2.45) is 0 Å².